The minimum absolute atomic E-state index is 0.0347. The van der Waals surface area contributed by atoms with E-state index in [0.29, 0.717) is 18.1 Å². The van der Waals surface area contributed by atoms with Crippen LogP contribution in [0.5, 0.6) is 0 Å². The summed E-state index contributed by atoms with van der Waals surface area (Å²) in [5, 5.41) is 3.14. The second-order valence-electron chi connectivity index (χ2n) is 6.53. The number of aromatic nitrogens is 1. The van der Waals surface area contributed by atoms with Gasteiger partial charge in [0.05, 0.1) is 16.8 Å². The summed E-state index contributed by atoms with van der Waals surface area (Å²) in [6.07, 6.45) is 4.04. The molecule has 8 heteroatoms. The lowest BCUT2D eigenvalue weighted by Gasteiger charge is -2.28. The summed E-state index contributed by atoms with van der Waals surface area (Å²) in [6, 6.07) is 8.31. The third-order valence-electron chi connectivity index (χ3n) is 4.43. The molecule has 144 valence electrons. The smallest absolute Gasteiger partial charge is 0.261 e. The second kappa shape index (κ2) is 7.96. The predicted octanol–water partition coefficient (Wildman–Crippen LogP) is 3.00. The maximum Gasteiger partial charge on any atom is 0.261 e. The molecule has 0 aliphatic carbocycles. The van der Waals surface area contributed by atoms with Crippen LogP contribution in [0, 0.1) is 0 Å². The first-order valence-electron chi connectivity index (χ1n) is 9.04. The summed E-state index contributed by atoms with van der Waals surface area (Å²) >= 11 is 0. The SMILES string of the molecule is CCCNc1ccc(NS(=O)(=O)c2ccc3c(c2)CCCN3C(C)=O)cn1. The Morgan fingerprint density at radius 2 is 2.07 bits per heavy atom. The van der Waals surface area contributed by atoms with E-state index in [1.54, 1.807) is 29.2 Å². The first-order chi connectivity index (χ1) is 12.9. The lowest BCUT2D eigenvalue weighted by Crippen LogP contribution is -2.33. The molecular formula is C19H24N4O3S. The fraction of sp³-hybridized carbons (Fsp3) is 0.368. The lowest BCUT2D eigenvalue weighted by atomic mass is 10.0. The molecule has 1 aromatic heterocycles. The summed E-state index contributed by atoms with van der Waals surface area (Å²) in [4.78, 5) is 17.8. The molecule has 2 N–H and O–H groups in total. The molecule has 2 heterocycles. The van der Waals surface area contributed by atoms with E-state index in [4.69, 9.17) is 0 Å². The van der Waals surface area contributed by atoms with E-state index in [0.717, 1.165) is 37.1 Å². The van der Waals surface area contributed by atoms with Gasteiger partial charge in [-0.25, -0.2) is 13.4 Å². The molecule has 1 aliphatic rings. The Labute approximate surface area is 159 Å². The van der Waals surface area contributed by atoms with Gasteiger partial charge in [0.15, 0.2) is 0 Å². The van der Waals surface area contributed by atoms with Crippen LogP contribution in [-0.2, 0) is 21.2 Å². The van der Waals surface area contributed by atoms with Gasteiger partial charge in [0, 0.05) is 25.7 Å². The number of anilines is 3. The zero-order valence-electron chi connectivity index (χ0n) is 15.5. The van der Waals surface area contributed by atoms with Gasteiger partial charge in [-0.2, -0.15) is 0 Å². The van der Waals surface area contributed by atoms with E-state index in [9.17, 15) is 13.2 Å². The van der Waals surface area contributed by atoms with Crippen LogP contribution in [0.25, 0.3) is 0 Å². The van der Waals surface area contributed by atoms with Gasteiger partial charge in [0.1, 0.15) is 5.82 Å². The molecule has 1 aromatic carbocycles. The molecule has 3 rings (SSSR count). The minimum atomic E-state index is -3.73. The number of carbonyl (C=O) groups excluding carboxylic acids is 1. The third kappa shape index (κ3) is 4.39. The normalized spacial score (nSPS) is 13.8. The Morgan fingerprint density at radius 1 is 1.26 bits per heavy atom. The van der Waals surface area contributed by atoms with Crippen LogP contribution in [0.2, 0.25) is 0 Å². The van der Waals surface area contributed by atoms with Gasteiger partial charge in [-0.15, -0.1) is 0 Å². The lowest BCUT2D eigenvalue weighted by molar-refractivity contribution is -0.116. The average Bonchev–Trinajstić information content (AvgIpc) is 2.66. The molecule has 0 saturated carbocycles. The molecule has 0 atom stereocenters. The van der Waals surface area contributed by atoms with Crippen molar-refractivity contribution in [3.63, 3.8) is 0 Å². The highest BCUT2D eigenvalue weighted by atomic mass is 32.2. The van der Waals surface area contributed by atoms with E-state index in [1.807, 2.05) is 0 Å². The van der Waals surface area contributed by atoms with Crippen molar-refractivity contribution < 1.29 is 13.2 Å². The number of hydrogen-bond donors (Lipinski definition) is 2. The molecular weight excluding hydrogens is 364 g/mol. The van der Waals surface area contributed by atoms with Crippen LogP contribution >= 0.6 is 0 Å². The molecule has 27 heavy (non-hydrogen) atoms. The fourth-order valence-electron chi connectivity index (χ4n) is 3.09. The van der Waals surface area contributed by atoms with Crippen LogP contribution in [0.15, 0.2) is 41.4 Å². The maximum absolute atomic E-state index is 12.7. The number of amides is 1. The number of aryl methyl sites for hydroxylation is 1. The standard InChI is InChI=1S/C19H24N4O3S/c1-3-10-20-19-9-6-16(13-21-19)22-27(25,26)17-7-8-18-15(12-17)5-4-11-23(18)14(2)24/h6-9,12-13,22H,3-5,10-11H2,1-2H3,(H,20,21). The van der Waals surface area contributed by atoms with Crippen molar-refractivity contribution in [3.8, 4) is 0 Å². The highest BCUT2D eigenvalue weighted by Gasteiger charge is 2.23. The van der Waals surface area contributed by atoms with Crippen LogP contribution in [0.1, 0.15) is 32.3 Å². The monoisotopic (exact) mass is 388 g/mol. The number of rotatable bonds is 6. The number of carbonyl (C=O) groups is 1. The van der Waals surface area contributed by atoms with Crippen LogP contribution in [0.3, 0.4) is 0 Å². The molecule has 0 fully saturated rings. The van der Waals surface area contributed by atoms with Gasteiger partial charge in [-0.3, -0.25) is 9.52 Å². The average molecular weight is 388 g/mol. The summed E-state index contributed by atoms with van der Waals surface area (Å²) in [6.45, 7) is 5.05. The Kier molecular flexibility index (Phi) is 5.65. The Bertz CT molecular complexity index is 926. The van der Waals surface area contributed by atoms with E-state index in [2.05, 4.69) is 21.9 Å². The summed E-state index contributed by atoms with van der Waals surface area (Å²) in [5.74, 6) is 0.672. The van der Waals surface area contributed by atoms with E-state index >= 15 is 0 Å². The van der Waals surface area contributed by atoms with Gasteiger partial charge in [0.25, 0.3) is 10.0 Å². The summed E-state index contributed by atoms with van der Waals surface area (Å²) in [7, 11) is -3.73. The first-order valence-corrected chi connectivity index (χ1v) is 10.5. The van der Waals surface area contributed by atoms with Crippen molar-refractivity contribution in [2.24, 2.45) is 0 Å². The highest BCUT2D eigenvalue weighted by molar-refractivity contribution is 7.92. The number of nitrogens with zero attached hydrogens (tertiary/aromatic N) is 2. The topological polar surface area (TPSA) is 91.4 Å². The van der Waals surface area contributed by atoms with Crippen molar-refractivity contribution in [2.45, 2.75) is 38.0 Å². The third-order valence-corrected chi connectivity index (χ3v) is 5.81. The predicted molar refractivity (Wildman–Crippen MR) is 107 cm³/mol. The highest BCUT2D eigenvalue weighted by Crippen LogP contribution is 2.30. The van der Waals surface area contributed by atoms with Gasteiger partial charge >= 0.3 is 0 Å². The quantitative estimate of drug-likeness (QED) is 0.794. The van der Waals surface area contributed by atoms with E-state index in [-0.39, 0.29) is 10.8 Å². The number of nitrogens with one attached hydrogen (secondary N) is 2. The molecule has 0 spiro atoms. The second-order valence-corrected chi connectivity index (χ2v) is 8.21. The largest absolute Gasteiger partial charge is 0.370 e. The summed E-state index contributed by atoms with van der Waals surface area (Å²) < 4.78 is 28.0. The molecule has 0 radical (unpaired) electrons. The van der Waals surface area contributed by atoms with Gasteiger partial charge < -0.3 is 10.2 Å². The Balaban J connectivity index is 1.80. The number of pyridine rings is 1. The van der Waals surface area contributed by atoms with Crippen LogP contribution in [0.4, 0.5) is 17.2 Å². The number of benzene rings is 1. The molecule has 0 saturated heterocycles. The van der Waals surface area contributed by atoms with Crippen molar-refractivity contribution in [1.29, 1.82) is 0 Å². The minimum Gasteiger partial charge on any atom is -0.370 e. The van der Waals surface area contributed by atoms with Crippen molar-refractivity contribution >= 4 is 33.1 Å². The number of fused-ring (bicyclic) bond motifs is 1. The van der Waals surface area contributed by atoms with E-state index < -0.39 is 10.0 Å². The van der Waals surface area contributed by atoms with Gasteiger partial charge in [-0.05, 0) is 55.2 Å². The molecule has 1 aliphatic heterocycles. The maximum atomic E-state index is 12.7. The van der Waals surface area contributed by atoms with Gasteiger partial charge in [-0.1, -0.05) is 6.92 Å². The Morgan fingerprint density at radius 3 is 2.74 bits per heavy atom. The van der Waals surface area contributed by atoms with Crippen LogP contribution in [-0.4, -0.2) is 32.4 Å². The summed E-state index contributed by atoms with van der Waals surface area (Å²) in [5.41, 5.74) is 2.07. The van der Waals surface area contributed by atoms with Crippen molar-refractivity contribution in [1.82, 2.24) is 4.98 Å². The fourth-order valence-corrected chi connectivity index (χ4v) is 4.19. The molecule has 0 unspecified atom stereocenters. The van der Waals surface area contributed by atoms with Crippen molar-refractivity contribution in [3.05, 3.63) is 42.1 Å². The zero-order valence-corrected chi connectivity index (χ0v) is 16.3. The molecule has 0 bridgehead atoms. The number of sulfonamides is 1. The van der Waals surface area contributed by atoms with Crippen LogP contribution < -0.4 is 14.9 Å². The molecule has 1 amide bonds. The van der Waals surface area contributed by atoms with Crippen molar-refractivity contribution in [2.75, 3.05) is 28.0 Å². The Hall–Kier alpha value is -2.61. The van der Waals surface area contributed by atoms with E-state index in [1.165, 1.54) is 19.2 Å². The molecule has 7 nitrogen and oxygen atoms in total. The van der Waals surface area contributed by atoms with Gasteiger partial charge in [0.2, 0.25) is 5.91 Å². The first kappa shape index (κ1) is 19.2. The number of hydrogen-bond acceptors (Lipinski definition) is 5. The zero-order chi connectivity index (χ0) is 19.4. The molecule has 2 aromatic rings.